The van der Waals surface area contributed by atoms with Crippen LogP contribution in [0.4, 0.5) is 5.82 Å². The molecule has 8 nitrogen and oxygen atoms in total. The van der Waals surface area contributed by atoms with E-state index in [2.05, 4.69) is 14.9 Å². The van der Waals surface area contributed by atoms with Crippen LogP contribution < -0.4 is 9.64 Å². The van der Waals surface area contributed by atoms with Crippen LogP contribution in [0.5, 0.6) is 5.88 Å². The number of hydrogen-bond donors (Lipinski definition) is 0. The first-order valence-electron chi connectivity index (χ1n) is 7.61. The summed E-state index contributed by atoms with van der Waals surface area (Å²) in [5.74, 6) is 1.32. The van der Waals surface area contributed by atoms with Crippen LogP contribution in [0.1, 0.15) is 12.8 Å². The van der Waals surface area contributed by atoms with Gasteiger partial charge < -0.3 is 14.4 Å². The lowest BCUT2D eigenvalue weighted by Crippen LogP contribution is -2.62. The number of ether oxygens (including phenoxy) is 2. The first-order chi connectivity index (χ1) is 10.9. The SMILES string of the molecule is COc1cc(N2CCC3(CC2)COCCN3S(C)(=O)=O)ncn1. The molecule has 3 rings (SSSR count). The van der Waals surface area contributed by atoms with Gasteiger partial charge in [-0.25, -0.2) is 18.4 Å². The predicted octanol–water partition coefficient (Wildman–Crippen LogP) is 0.116. The number of aromatic nitrogens is 2. The summed E-state index contributed by atoms with van der Waals surface area (Å²) in [7, 11) is -1.67. The average Bonchev–Trinajstić information content (AvgIpc) is 2.55. The van der Waals surface area contributed by atoms with Gasteiger partial charge in [-0.2, -0.15) is 4.31 Å². The zero-order valence-electron chi connectivity index (χ0n) is 13.4. The monoisotopic (exact) mass is 342 g/mol. The second-order valence-corrected chi connectivity index (χ2v) is 7.92. The van der Waals surface area contributed by atoms with E-state index in [1.807, 2.05) is 0 Å². The van der Waals surface area contributed by atoms with E-state index in [9.17, 15) is 8.42 Å². The summed E-state index contributed by atoms with van der Waals surface area (Å²) in [4.78, 5) is 10.4. The molecule has 1 aromatic heterocycles. The summed E-state index contributed by atoms with van der Waals surface area (Å²) in [5, 5.41) is 0. The van der Waals surface area contributed by atoms with Crippen LogP contribution in [-0.4, -0.2) is 74.4 Å². The molecule has 0 atom stereocenters. The minimum Gasteiger partial charge on any atom is -0.481 e. The number of anilines is 1. The molecule has 1 aromatic rings. The average molecular weight is 342 g/mol. The summed E-state index contributed by atoms with van der Waals surface area (Å²) in [6.45, 7) is 2.79. The third-order valence-electron chi connectivity index (χ3n) is 4.59. The third kappa shape index (κ3) is 3.26. The standard InChI is InChI=1S/C14H22N4O4S/c1-21-13-9-12(15-11-16-13)17-5-3-14(4-6-17)10-22-8-7-18(14)23(2,19)20/h9,11H,3-8,10H2,1-2H3. The Kier molecular flexibility index (Phi) is 4.43. The second kappa shape index (κ2) is 6.21. The van der Waals surface area contributed by atoms with Crippen molar-refractivity contribution in [2.45, 2.75) is 18.4 Å². The largest absolute Gasteiger partial charge is 0.481 e. The molecule has 3 heterocycles. The van der Waals surface area contributed by atoms with Crippen molar-refractivity contribution in [3.8, 4) is 5.88 Å². The maximum atomic E-state index is 12.1. The Hall–Kier alpha value is -1.45. The molecular weight excluding hydrogens is 320 g/mol. The van der Waals surface area contributed by atoms with Crippen LogP contribution in [0.25, 0.3) is 0 Å². The van der Waals surface area contributed by atoms with Gasteiger partial charge in [0.05, 0.1) is 32.1 Å². The molecule has 2 aliphatic rings. The third-order valence-corrected chi connectivity index (χ3v) is 5.96. The van der Waals surface area contributed by atoms with Gasteiger partial charge in [0.25, 0.3) is 0 Å². The van der Waals surface area contributed by atoms with Crippen molar-refractivity contribution in [3.05, 3.63) is 12.4 Å². The van der Waals surface area contributed by atoms with Crippen LogP contribution in [0.2, 0.25) is 0 Å². The van der Waals surface area contributed by atoms with E-state index in [1.165, 1.54) is 12.6 Å². The van der Waals surface area contributed by atoms with Gasteiger partial charge in [-0.1, -0.05) is 0 Å². The number of piperidine rings is 1. The molecule has 0 bridgehead atoms. The molecule has 23 heavy (non-hydrogen) atoms. The number of nitrogens with zero attached hydrogens (tertiary/aromatic N) is 4. The van der Waals surface area contributed by atoms with Gasteiger partial charge in [0.2, 0.25) is 15.9 Å². The number of morpholine rings is 1. The molecule has 0 unspecified atom stereocenters. The fourth-order valence-corrected chi connectivity index (χ4v) is 4.74. The highest BCUT2D eigenvalue weighted by atomic mass is 32.2. The summed E-state index contributed by atoms with van der Waals surface area (Å²) in [6, 6.07) is 1.80. The van der Waals surface area contributed by atoms with Gasteiger partial charge in [0, 0.05) is 25.7 Å². The molecule has 128 valence electrons. The zero-order valence-corrected chi connectivity index (χ0v) is 14.3. The van der Waals surface area contributed by atoms with Crippen LogP contribution in [0.3, 0.4) is 0 Å². The number of methoxy groups -OCH3 is 1. The molecule has 2 aliphatic heterocycles. The van der Waals surface area contributed by atoms with E-state index in [1.54, 1.807) is 17.5 Å². The topological polar surface area (TPSA) is 84.9 Å². The van der Waals surface area contributed by atoms with Crippen LogP contribution >= 0.6 is 0 Å². The molecule has 0 saturated carbocycles. The Balaban J connectivity index is 1.76. The van der Waals surface area contributed by atoms with Crippen molar-refractivity contribution in [2.75, 3.05) is 51.1 Å². The Morgan fingerprint density at radius 2 is 2.00 bits per heavy atom. The van der Waals surface area contributed by atoms with E-state index < -0.39 is 15.6 Å². The van der Waals surface area contributed by atoms with E-state index >= 15 is 0 Å². The van der Waals surface area contributed by atoms with Gasteiger partial charge in [-0.3, -0.25) is 0 Å². The zero-order chi connectivity index (χ0) is 16.5. The van der Waals surface area contributed by atoms with Crippen molar-refractivity contribution < 1.29 is 17.9 Å². The smallest absolute Gasteiger partial charge is 0.218 e. The predicted molar refractivity (Wildman–Crippen MR) is 85.1 cm³/mol. The number of hydrogen-bond acceptors (Lipinski definition) is 7. The van der Waals surface area contributed by atoms with Crippen molar-refractivity contribution in [2.24, 2.45) is 0 Å². The van der Waals surface area contributed by atoms with Gasteiger partial charge in [-0.15, -0.1) is 0 Å². The van der Waals surface area contributed by atoms with Crippen LogP contribution in [-0.2, 0) is 14.8 Å². The van der Waals surface area contributed by atoms with Gasteiger partial charge >= 0.3 is 0 Å². The molecule has 2 fully saturated rings. The maximum absolute atomic E-state index is 12.1. The lowest BCUT2D eigenvalue weighted by molar-refractivity contribution is -0.0372. The molecule has 0 aromatic carbocycles. The van der Waals surface area contributed by atoms with Gasteiger partial charge in [0.15, 0.2) is 0 Å². The number of rotatable bonds is 3. The van der Waals surface area contributed by atoms with E-state index in [0.717, 1.165) is 18.9 Å². The normalized spacial score (nSPS) is 22.3. The quantitative estimate of drug-likeness (QED) is 0.771. The molecular formula is C14H22N4O4S. The lowest BCUT2D eigenvalue weighted by atomic mass is 9.87. The minimum absolute atomic E-state index is 0.431. The molecule has 0 radical (unpaired) electrons. The Bertz CT molecular complexity index is 658. The molecule has 1 spiro atoms. The number of sulfonamides is 1. The van der Waals surface area contributed by atoms with Crippen molar-refractivity contribution >= 4 is 15.8 Å². The van der Waals surface area contributed by atoms with Crippen molar-refractivity contribution in [3.63, 3.8) is 0 Å². The van der Waals surface area contributed by atoms with Crippen LogP contribution in [0, 0.1) is 0 Å². The lowest BCUT2D eigenvalue weighted by Gasteiger charge is -2.49. The van der Waals surface area contributed by atoms with Gasteiger partial charge in [-0.05, 0) is 12.8 Å². The summed E-state index contributed by atoms with van der Waals surface area (Å²) >= 11 is 0. The van der Waals surface area contributed by atoms with Gasteiger partial charge in [0.1, 0.15) is 12.1 Å². The minimum atomic E-state index is -3.24. The molecule has 0 N–H and O–H groups in total. The fraction of sp³-hybridized carbons (Fsp3) is 0.714. The molecule has 9 heteroatoms. The summed E-state index contributed by atoms with van der Waals surface area (Å²) in [5.41, 5.74) is -0.431. The fourth-order valence-electron chi connectivity index (χ4n) is 3.40. The second-order valence-electron chi connectivity index (χ2n) is 6.02. The highest BCUT2D eigenvalue weighted by Crippen LogP contribution is 2.35. The van der Waals surface area contributed by atoms with E-state index in [4.69, 9.17) is 9.47 Å². The summed E-state index contributed by atoms with van der Waals surface area (Å²) < 4.78 is 36.6. The Labute approximate surface area is 136 Å². The Morgan fingerprint density at radius 3 is 2.65 bits per heavy atom. The first-order valence-corrected chi connectivity index (χ1v) is 9.46. The highest BCUT2D eigenvalue weighted by Gasteiger charge is 2.46. The molecule has 0 amide bonds. The molecule has 0 aliphatic carbocycles. The molecule has 2 saturated heterocycles. The maximum Gasteiger partial charge on any atom is 0.218 e. The van der Waals surface area contributed by atoms with E-state index in [0.29, 0.717) is 38.5 Å². The van der Waals surface area contributed by atoms with E-state index in [-0.39, 0.29) is 0 Å². The van der Waals surface area contributed by atoms with Crippen LogP contribution in [0.15, 0.2) is 12.4 Å². The highest BCUT2D eigenvalue weighted by molar-refractivity contribution is 7.88. The first kappa shape index (κ1) is 16.4. The van der Waals surface area contributed by atoms with Crippen molar-refractivity contribution in [1.29, 1.82) is 0 Å². The van der Waals surface area contributed by atoms with Crippen molar-refractivity contribution in [1.82, 2.24) is 14.3 Å². The Morgan fingerprint density at radius 1 is 1.26 bits per heavy atom. The summed E-state index contributed by atoms with van der Waals surface area (Å²) in [6.07, 6.45) is 4.19.